The molecule has 1 aromatic rings. The normalized spacial score (nSPS) is 19.2. The zero-order valence-corrected chi connectivity index (χ0v) is 15.0. The predicted molar refractivity (Wildman–Crippen MR) is 96.1 cm³/mol. The van der Waals surface area contributed by atoms with Crippen molar-refractivity contribution in [2.24, 2.45) is 5.41 Å². The molecule has 0 amide bonds. The number of benzene rings is 1. The first-order valence-electron chi connectivity index (χ1n) is 8.42. The Morgan fingerprint density at radius 3 is 2.62 bits per heavy atom. The van der Waals surface area contributed by atoms with Gasteiger partial charge in [-0.3, -0.25) is 4.79 Å². The maximum Gasteiger partial charge on any atom is 0.325 e. The maximum absolute atomic E-state index is 11.5. The van der Waals surface area contributed by atoms with E-state index in [-0.39, 0.29) is 24.0 Å². The Bertz CT molecular complexity index is 579. The molecule has 0 saturated heterocycles. The molecule has 0 spiro atoms. The van der Waals surface area contributed by atoms with E-state index in [0.29, 0.717) is 6.61 Å². The average molecular weight is 332 g/mol. The first-order chi connectivity index (χ1) is 11.4. The number of allylic oxidation sites excluding steroid dienone is 1. The Kier molecular flexibility index (Phi) is 6.12. The van der Waals surface area contributed by atoms with Gasteiger partial charge in [0.25, 0.3) is 0 Å². The van der Waals surface area contributed by atoms with Crippen LogP contribution in [0.3, 0.4) is 0 Å². The molecule has 5 heteroatoms. The Labute approximate surface area is 144 Å². The van der Waals surface area contributed by atoms with E-state index in [4.69, 9.17) is 9.47 Å². The number of nitrogens with one attached hydrogen (secondary N) is 2. The second kappa shape index (κ2) is 8.08. The summed E-state index contributed by atoms with van der Waals surface area (Å²) in [6.45, 7) is 6.93. The third-order valence-corrected chi connectivity index (χ3v) is 4.05. The van der Waals surface area contributed by atoms with E-state index in [0.717, 1.165) is 30.0 Å². The minimum absolute atomic E-state index is 0.163. The van der Waals surface area contributed by atoms with Crippen LogP contribution in [0.1, 0.15) is 33.6 Å². The van der Waals surface area contributed by atoms with Crippen molar-refractivity contribution in [3.8, 4) is 5.75 Å². The molecule has 1 aliphatic rings. The van der Waals surface area contributed by atoms with Gasteiger partial charge < -0.3 is 20.1 Å². The van der Waals surface area contributed by atoms with Crippen LogP contribution < -0.4 is 15.4 Å². The Morgan fingerprint density at radius 2 is 2.00 bits per heavy atom. The van der Waals surface area contributed by atoms with E-state index < -0.39 is 0 Å². The van der Waals surface area contributed by atoms with Gasteiger partial charge in [-0.05, 0) is 55.5 Å². The molecule has 2 rings (SSSR count). The van der Waals surface area contributed by atoms with Gasteiger partial charge in [0.05, 0.1) is 13.7 Å². The van der Waals surface area contributed by atoms with Gasteiger partial charge in [0.15, 0.2) is 0 Å². The lowest BCUT2D eigenvalue weighted by Gasteiger charge is -2.35. The fraction of sp³-hybridized carbons (Fsp3) is 0.526. The molecule has 132 valence electrons. The van der Waals surface area contributed by atoms with E-state index in [1.165, 1.54) is 0 Å². The second-order valence-corrected chi connectivity index (χ2v) is 6.87. The molecule has 2 N–H and O–H groups in total. The topological polar surface area (TPSA) is 59.6 Å². The molecule has 0 saturated carbocycles. The van der Waals surface area contributed by atoms with Crippen LogP contribution >= 0.6 is 0 Å². The predicted octanol–water partition coefficient (Wildman–Crippen LogP) is 3.33. The van der Waals surface area contributed by atoms with Crippen LogP contribution in [0.4, 0.5) is 5.69 Å². The summed E-state index contributed by atoms with van der Waals surface area (Å²) < 4.78 is 10.2. The number of esters is 1. The third kappa shape index (κ3) is 5.48. The van der Waals surface area contributed by atoms with Gasteiger partial charge in [-0.2, -0.15) is 0 Å². The van der Waals surface area contributed by atoms with E-state index in [1.807, 2.05) is 31.2 Å². The number of anilines is 1. The lowest BCUT2D eigenvalue weighted by atomic mass is 9.77. The number of carbonyl (C=O) groups excluding carboxylic acids is 1. The summed E-state index contributed by atoms with van der Waals surface area (Å²) in [5.41, 5.74) is 2.31. The number of hydrogen-bond donors (Lipinski definition) is 2. The highest BCUT2D eigenvalue weighted by Gasteiger charge is 2.28. The quantitative estimate of drug-likeness (QED) is 0.750. The Morgan fingerprint density at radius 1 is 1.29 bits per heavy atom. The molecular formula is C19H28N2O3. The Hall–Kier alpha value is -2.17. The molecule has 1 atom stereocenters. The molecular weight excluding hydrogens is 304 g/mol. The minimum Gasteiger partial charge on any atom is -0.497 e. The SMILES string of the molecule is CCOC(=O)CNC1=CC(Nc2ccc(OC)cc2)CC(C)(C)C1. The zero-order chi connectivity index (χ0) is 17.6. The van der Waals surface area contributed by atoms with Crippen LogP contribution in [0.15, 0.2) is 36.0 Å². The van der Waals surface area contributed by atoms with Crippen LogP contribution in [-0.4, -0.2) is 32.3 Å². The van der Waals surface area contributed by atoms with Gasteiger partial charge >= 0.3 is 5.97 Å². The largest absolute Gasteiger partial charge is 0.497 e. The van der Waals surface area contributed by atoms with Gasteiger partial charge in [0, 0.05) is 17.4 Å². The Balaban J connectivity index is 2.01. The van der Waals surface area contributed by atoms with Crippen molar-refractivity contribution in [3.63, 3.8) is 0 Å². The van der Waals surface area contributed by atoms with Crippen LogP contribution in [0.2, 0.25) is 0 Å². The molecule has 0 aliphatic heterocycles. The van der Waals surface area contributed by atoms with Gasteiger partial charge in [-0.25, -0.2) is 0 Å². The first kappa shape index (κ1) is 18.2. The third-order valence-electron chi connectivity index (χ3n) is 4.05. The molecule has 1 aromatic carbocycles. The van der Waals surface area contributed by atoms with Crippen LogP contribution in [-0.2, 0) is 9.53 Å². The van der Waals surface area contributed by atoms with E-state index >= 15 is 0 Å². The summed E-state index contributed by atoms with van der Waals surface area (Å²) in [4.78, 5) is 11.5. The maximum atomic E-state index is 11.5. The van der Waals surface area contributed by atoms with E-state index in [9.17, 15) is 4.79 Å². The summed E-state index contributed by atoms with van der Waals surface area (Å²) in [6.07, 6.45) is 4.13. The molecule has 5 nitrogen and oxygen atoms in total. The van der Waals surface area contributed by atoms with Crippen molar-refractivity contribution >= 4 is 11.7 Å². The van der Waals surface area contributed by atoms with Crippen molar-refractivity contribution in [1.29, 1.82) is 0 Å². The highest BCUT2D eigenvalue weighted by Crippen LogP contribution is 2.35. The zero-order valence-electron chi connectivity index (χ0n) is 15.0. The molecule has 0 bridgehead atoms. The van der Waals surface area contributed by atoms with Crippen molar-refractivity contribution in [2.75, 3.05) is 25.6 Å². The molecule has 0 fully saturated rings. The molecule has 0 radical (unpaired) electrons. The number of methoxy groups -OCH3 is 1. The summed E-state index contributed by atoms with van der Waals surface area (Å²) in [5.74, 6) is 0.623. The number of rotatable bonds is 7. The molecule has 0 heterocycles. The van der Waals surface area contributed by atoms with Gasteiger partial charge in [-0.15, -0.1) is 0 Å². The van der Waals surface area contributed by atoms with Crippen LogP contribution in [0.5, 0.6) is 5.75 Å². The van der Waals surface area contributed by atoms with Gasteiger partial charge in [-0.1, -0.05) is 13.8 Å². The standard InChI is InChI=1S/C19H28N2O3/c1-5-24-18(22)13-20-15-10-16(12-19(2,3)11-15)21-14-6-8-17(23-4)9-7-14/h6-10,16,20-21H,5,11-13H2,1-4H3. The fourth-order valence-corrected chi connectivity index (χ4v) is 3.06. The summed E-state index contributed by atoms with van der Waals surface area (Å²) in [5, 5.41) is 6.76. The monoisotopic (exact) mass is 332 g/mol. The lowest BCUT2D eigenvalue weighted by Crippen LogP contribution is -2.35. The van der Waals surface area contributed by atoms with E-state index in [1.54, 1.807) is 7.11 Å². The van der Waals surface area contributed by atoms with E-state index in [2.05, 4.69) is 30.6 Å². The van der Waals surface area contributed by atoms with Gasteiger partial charge in [0.1, 0.15) is 12.3 Å². The first-order valence-corrected chi connectivity index (χ1v) is 8.42. The average Bonchev–Trinajstić information content (AvgIpc) is 2.52. The van der Waals surface area contributed by atoms with Crippen LogP contribution in [0.25, 0.3) is 0 Å². The van der Waals surface area contributed by atoms with Crippen LogP contribution in [0, 0.1) is 5.41 Å². The second-order valence-electron chi connectivity index (χ2n) is 6.87. The van der Waals surface area contributed by atoms with Crippen molar-refractivity contribution < 1.29 is 14.3 Å². The number of ether oxygens (including phenoxy) is 2. The smallest absolute Gasteiger partial charge is 0.325 e. The molecule has 1 aliphatic carbocycles. The number of carbonyl (C=O) groups is 1. The summed E-state index contributed by atoms with van der Waals surface area (Å²) >= 11 is 0. The highest BCUT2D eigenvalue weighted by molar-refractivity contribution is 5.71. The highest BCUT2D eigenvalue weighted by atomic mass is 16.5. The van der Waals surface area contributed by atoms with Crippen molar-refractivity contribution in [2.45, 2.75) is 39.7 Å². The fourth-order valence-electron chi connectivity index (χ4n) is 3.06. The van der Waals surface area contributed by atoms with Crippen molar-refractivity contribution in [1.82, 2.24) is 5.32 Å². The summed E-state index contributed by atoms with van der Waals surface area (Å²) in [7, 11) is 1.66. The lowest BCUT2D eigenvalue weighted by molar-refractivity contribution is -0.141. The summed E-state index contributed by atoms with van der Waals surface area (Å²) in [6, 6.07) is 8.13. The minimum atomic E-state index is -0.221. The van der Waals surface area contributed by atoms with Gasteiger partial charge in [0.2, 0.25) is 0 Å². The number of hydrogen-bond acceptors (Lipinski definition) is 5. The van der Waals surface area contributed by atoms with Crippen molar-refractivity contribution in [3.05, 3.63) is 36.0 Å². The molecule has 1 unspecified atom stereocenters. The molecule has 24 heavy (non-hydrogen) atoms. The molecule has 0 aromatic heterocycles.